The summed E-state index contributed by atoms with van der Waals surface area (Å²) in [5.41, 5.74) is -0.0596. The topological polar surface area (TPSA) is 127 Å². The quantitative estimate of drug-likeness (QED) is 0.134. The Hall–Kier alpha value is -4.22. The van der Waals surface area contributed by atoms with Gasteiger partial charge in [-0.1, -0.05) is 41.1 Å². The highest BCUT2D eigenvalue weighted by atomic mass is 35.5. The van der Waals surface area contributed by atoms with Crippen molar-refractivity contribution in [2.24, 2.45) is 0 Å². The monoisotopic (exact) mass is 510 g/mol. The molecule has 0 bridgehead atoms. The molecule has 5 rings (SSSR count). The highest BCUT2D eigenvalue weighted by molar-refractivity contribution is 7.22. The van der Waals surface area contributed by atoms with Gasteiger partial charge < -0.3 is 5.11 Å². The lowest BCUT2D eigenvalue weighted by Crippen LogP contribution is -2.29. The number of amides is 1. The number of ketones is 1. The number of rotatable bonds is 4. The second-order valence-corrected chi connectivity index (χ2v) is 8.88. The first kappa shape index (κ1) is 22.6. The normalized spacial score (nSPS) is 17.3. The van der Waals surface area contributed by atoms with Gasteiger partial charge in [0, 0.05) is 23.9 Å². The Morgan fingerprint density at radius 3 is 2.69 bits per heavy atom. The van der Waals surface area contributed by atoms with Crippen LogP contribution in [0.3, 0.4) is 0 Å². The third-order valence-electron chi connectivity index (χ3n) is 5.37. The number of carbonyl (C=O) groups excluding carboxylic acids is 2. The summed E-state index contributed by atoms with van der Waals surface area (Å²) in [6.45, 7) is 0. The van der Waals surface area contributed by atoms with E-state index < -0.39 is 34.2 Å². The molecule has 0 radical (unpaired) electrons. The van der Waals surface area contributed by atoms with Gasteiger partial charge >= 0.3 is 5.91 Å². The Morgan fingerprint density at radius 2 is 1.97 bits per heavy atom. The van der Waals surface area contributed by atoms with Crippen LogP contribution in [0.25, 0.3) is 16.0 Å². The zero-order chi connectivity index (χ0) is 24.9. The molecule has 2 aromatic carbocycles. The van der Waals surface area contributed by atoms with Crippen molar-refractivity contribution in [3.05, 3.63) is 98.6 Å². The number of anilines is 1. The molecule has 0 spiro atoms. The number of aliphatic hydroxyl groups is 1. The first-order valence-electron chi connectivity index (χ1n) is 9.98. The summed E-state index contributed by atoms with van der Waals surface area (Å²) in [5, 5.41) is 22.2. The minimum absolute atomic E-state index is 0.0173. The fourth-order valence-corrected chi connectivity index (χ4v) is 4.94. The van der Waals surface area contributed by atoms with Crippen molar-refractivity contribution in [3.63, 3.8) is 0 Å². The standard InChI is InChI=1S/C23H12ClFN4O5S/c24-13-9-16-17(10-14(13)25)35-23(27-16)28-19(15-6-1-2-7-26-15)18(21(31)22(28)32)20(30)11-4-3-5-12(8-11)29(33)34/h1-10,19,30H/b20-18+. The molecule has 1 saturated heterocycles. The summed E-state index contributed by atoms with van der Waals surface area (Å²) in [6.07, 6.45) is 1.45. The van der Waals surface area contributed by atoms with E-state index in [0.717, 1.165) is 22.3 Å². The molecular weight excluding hydrogens is 499 g/mol. The van der Waals surface area contributed by atoms with Gasteiger partial charge in [-0.15, -0.1) is 0 Å². The predicted octanol–water partition coefficient (Wildman–Crippen LogP) is 5.02. The minimum atomic E-state index is -1.18. The lowest BCUT2D eigenvalue weighted by atomic mass is 9.98. The fraction of sp³-hybridized carbons (Fsp3) is 0.0435. The van der Waals surface area contributed by atoms with E-state index in [9.17, 15) is 29.2 Å². The number of carbonyl (C=O) groups is 2. The highest BCUT2D eigenvalue weighted by Gasteiger charge is 2.49. The smallest absolute Gasteiger partial charge is 0.301 e. The summed E-state index contributed by atoms with van der Waals surface area (Å²) in [4.78, 5) is 46.6. The number of aliphatic hydroxyl groups excluding tert-OH is 1. The summed E-state index contributed by atoms with van der Waals surface area (Å²) in [7, 11) is 0. The van der Waals surface area contributed by atoms with E-state index in [4.69, 9.17) is 11.6 Å². The Bertz CT molecular complexity index is 1530. The number of hydrogen-bond acceptors (Lipinski definition) is 8. The Morgan fingerprint density at radius 1 is 1.17 bits per heavy atom. The number of nitro benzene ring substituents is 1. The Kier molecular flexibility index (Phi) is 5.50. The van der Waals surface area contributed by atoms with Crippen LogP contribution in [0.15, 0.2) is 66.4 Å². The van der Waals surface area contributed by atoms with Gasteiger partial charge in [-0.3, -0.25) is 29.6 Å². The van der Waals surface area contributed by atoms with E-state index in [-0.39, 0.29) is 32.7 Å². The van der Waals surface area contributed by atoms with Crippen LogP contribution in [-0.4, -0.2) is 31.7 Å². The molecule has 4 aromatic rings. The molecule has 1 atom stereocenters. The maximum absolute atomic E-state index is 14.0. The number of Topliss-reactive ketones (excluding diaryl/α,β-unsaturated/α-hetero) is 1. The van der Waals surface area contributed by atoms with E-state index in [2.05, 4.69) is 9.97 Å². The van der Waals surface area contributed by atoms with Gasteiger partial charge in [0.2, 0.25) is 0 Å². The Labute approximate surface area is 204 Å². The number of halogens is 2. The van der Waals surface area contributed by atoms with Gasteiger partial charge in [0.15, 0.2) is 5.13 Å². The van der Waals surface area contributed by atoms with E-state index in [1.165, 1.54) is 36.5 Å². The zero-order valence-electron chi connectivity index (χ0n) is 17.4. The van der Waals surface area contributed by atoms with Gasteiger partial charge in [-0.05, 0) is 24.3 Å². The third-order valence-corrected chi connectivity index (χ3v) is 6.68. The number of non-ortho nitro benzene ring substituents is 1. The molecule has 1 fully saturated rings. The molecule has 1 amide bonds. The fourth-order valence-electron chi connectivity index (χ4n) is 3.78. The van der Waals surface area contributed by atoms with Crippen LogP contribution in [0.4, 0.5) is 15.2 Å². The van der Waals surface area contributed by atoms with Crippen molar-refractivity contribution in [2.75, 3.05) is 4.90 Å². The van der Waals surface area contributed by atoms with E-state index in [1.54, 1.807) is 18.2 Å². The van der Waals surface area contributed by atoms with Crippen molar-refractivity contribution in [3.8, 4) is 0 Å². The number of fused-ring (bicyclic) bond motifs is 1. The third kappa shape index (κ3) is 3.80. The minimum Gasteiger partial charge on any atom is -0.507 e. The van der Waals surface area contributed by atoms with E-state index in [1.807, 2.05) is 0 Å². The number of benzene rings is 2. The van der Waals surface area contributed by atoms with Crippen LogP contribution in [0.5, 0.6) is 0 Å². The average molecular weight is 511 g/mol. The van der Waals surface area contributed by atoms with Gasteiger partial charge in [0.25, 0.3) is 11.5 Å². The molecule has 9 nitrogen and oxygen atoms in total. The van der Waals surface area contributed by atoms with Crippen LogP contribution in [0.1, 0.15) is 17.3 Å². The first-order chi connectivity index (χ1) is 16.8. The molecule has 0 aliphatic carbocycles. The molecule has 1 unspecified atom stereocenters. The number of thiazole rings is 1. The van der Waals surface area contributed by atoms with Gasteiger partial charge in [-0.2, -0.15) is 0 Å². The van der Waals surface area contributed by atoms with Crippen molar-refractivity contribution < 1.29 is 24.0 Å². The second-order valence-electron chi connectivity index (χ2n) is 7.46. The SMILES string of the molecule is O=C1C(=O)N(c2nc3cc(Cl)c(F)cc3s2)C(c2ccccn2)/C1=C(\O)c1cccc([N+](=O)[O-])c1. The zero-order valence-corrected chi connectivity index (χ0v) is 19.0. The van der Waals surface area contributed by atoms with Crippen molar-refractivity contribution in [1.29, 1.82) is 0 Å². The maximum Gasteiger partial charge on any atom is 0.301 e. The summed E-state index contributed by atoms with van der Waals surface area (Å²) < 4.78 is 14.4. The van der Waals surface area contributed by atoms with Crippen LogP contribution in [0.2, 0.25) is 5.02 Å². The number of nitro groups is 1. The lowest BCUT2D eigenvalue weighted by Gasteiger charge is -2.21. The first-order valence-corrected chi connectivity index (χ1v) is 11.2. The molecule has 12 heteroatoms. The molecule has 1 aliphatic heterocycles. The summed E-state index contributed by atoms with van der Waals surface area (Å²) in [5.74, 6) is -3.27. The summed E-state index contributed by atoms with van der Waals surface area (Å²) in [6, 6.07) is 11.2. The Balaban J connectivity index is 1.72. The number of hydrogen-bond donors (Lipinski definition) is 1. The summed E-state index contributed by atoms with van der Waals surface area (Å²) >= 11 is 6.82. The molecule has 2 aromatic heterocycles. The second kappa shape index (κ2) is 8.53. The number of nitrogens with zero attached hydrogens (tertiary/aromatic N) is 4. The molecule has 174 valence electrons. The molecule has 1 N–H and O–H groups in total. The predicted molar refractivity (Wildman–Crippen MR) is 127 cm³/mol. The number of aromatic nitrogens is 2. The van der Waals surface area contributed by atoms with Crippen molar-refractivity contribution in [1.82, 2.24) is 9.97 Å². The van der Waals surface area contributed by atoms with Gasteiger partial charge in [0.1, 0.15) is 17.6 Å². The molecular formula is C23H12ClFN4O5S. The average Bonchev–Trinajstić information content (AvgIpc) is 3.37. The van der Waals surface area contributed by atoms with Crippen LogP contribution in [-0.2, 0) is 9.59 Å². The number of pyridine rings is 1. The van der Waals surface area contributed by atoms with E-state index >= 15 is 0 Å². The molecule has 0 saturated carbocycles. The largest absolute Gasteiger partial charge is 0.507 e. The van der Waals surface area contributed by atoms with Gasteiger partial charge in [0.05, 0.1) is 31.4 Å². The molecule has 1 aliphatic rings. The van der Waals surface area contributed by atoms with Crippen LogP contribution < -0.4 is 4.90 Å². The highest BCUT2D eigenvalue weighted by Crippen LogP contribution is 2.44. The van der Waals surface area contributed by atoms with Crippen LogP contribution in [0, 0.1) is 15.9 Å². The van der Waals surface area contributed by atoms with Gasteiger partial charge in [-0.25, -0.2) is 9.37 Å². The van der Waals surface area contributed by atoms with E-state index in [0.29, 0.717) is 10.2 Å². The maximum atomic E-state index is 14.0. The molecule has 3 heterocycles. The van der Waals surface area contributed by atoms with Crippen molar-refractivity contribution >= 4 is 61.4 Å². The van der Waals surface area contributed by atoms with Crippen molar-refractivity contribution in [2.45, 2.75) is 6.04 Å². The van der Waals surface area contributed by atoms with Crippen LogP contribution >= 0.6 is 22.9 Å². The molecule has 35 heavy (non-hydrogen) atoms. The lowest BCUT2D eigenvalue weighted by molar-refractivity contribution is -0.384.